The first-order valence-electron chi connectivity index (χ1n) is 8.02. The maximum Gasteiger partial charge on any atom is 0.141 e. The molecule has 0 amide bonds. The molecule has 1 heterocycles. The second-order valence-corrected chi connectivity index (χ2v) is 5.83. The number of rotatable bonds is 6. The highest BCUT2D eigenvalue weighted by Gasteiger charge is 2.30. The molecule has 1 aliphatic rings. The fraction of sp³-hybridized carbons (Fsp3) is 0.706. The number of aromatic nitrogens is 1. The van der Waals surface area contributed by atoms with Crippen molar-refractivity contribution >= 4 is 0 Å². The molecule has 1 aliphatic carbocycles. The highest BCUT2D eigenvalue weighted by molar-refractivity contribution is 5.30. The van der Waals surface area contributed by atoms with E-state index in [1.807, 2.05) is 18.3 Å². The lowest BCUT2D eigenvalue weighted by atomic mass is 9.76. The minimum Gasteiger partial charge on any atom is -0.495 e. The smallest absolute Gasteiger partial charge is 0.141 e. The van der Waals surface area contributed by atoms with Gasteiger partial charge in [-0.1, -0.05) is 33.1 Å². The predicted octanol–water partition coefficient (Wildman–Crippen LogP) is 3.96. The number of hydrogen-bond acceptors (Lipinski definition) is 3. The highest BCUT2D eigenvalue weighted by Crippen LogP contribution is 2.39. The fourth-order valence-electron chi connectivity index (χ4n) is 3.52. The number of methoxy groups -OCH3 is 1. The third kappa shape index (κ3) is 3.51. The first-order chi connectivity index (χ1) is 9.80. The van der Waals surface area contributed by atoms with Crippen LogP contribution in [0.3, 0.4) is 0 Å². The van der Waals surface area contributed by atoms with Crippen molar-refractivity contribution in [2.75, 3.05) is 13.7 Å². The second kappa shape index (κ2) is 7.63. The number of nitrogens with zero attached hydrogens (tertiary/aromatic N) is 1. The molecule has 0 aromatic carbocycles. The van der Waals surface area contributed by atoms with Crippen molar-refractivity contribution in [1.82, 2.24) is 10.3 Å². The van der Waals surface area contributed by atoms with Crippen LogP contribution in [0.1, 0.15) is 57.7 Å². The summed E-state index contributed by atoms with van der Waals surface area (Å²) in [6.07, 6.45) is 8.53. The van der Waals surface area contributed by atoms with Gasteiger partial charge >= 0.3 is 0 Å². The van der Waals surface area contributed by atoms with E-state index >= 15 is 0 Å². The van der Waals surface area contributed by atoms with Gasteiger partial charge in [-0.15, -0.1) is 0 Å². The van der Waals surface area contributed by atoms with Gasteiger partial charge in [-0.3, -0.25) is 4.98 Å². The molecule has 0 spiro atoms. The molecule has 0 bridgehead atoms. The van der Waals surface area contributed by atoms with E-state index in [0.717, 1.165) is 23.9 Å². The standard InChI is InChI=1S/C17H28N2O/c1-4-13-8-6-9-14(12-13)16(18-5-2)17-15(20-3)10-7-11-19-17/h7,10-11,13-14,16,18H,4-6,8-9,12H2,1-3H3. The third-order valence-electron chi connectivity index (χ3n) is 4.61. The maximum atomic E-state index is 5.51. The molecule has 0 saturated heterocycles. The molecule has 1 N–H and O–H groups in total. The Kier molecular flexibility index (Phi) is 5.84. The molecule has 0 radical (unpaired) electrons. The molecule has 1 saturated carbocycles. The van der Waals surface area contributed by atoms with Gasteiger partial charge in [0.2, 0.25) is 0 Å². The van der Waals surface area contributed by atoms with Crippen LogP contribution < -0.4 is 10.1 Å². The van der Waals surface area contributed by atoms with Gasteiger partial charge in [-0.2, -0.15) is 0 Å². The van der Waals surface area contributed by atoms with Crippen molar-refractivity contribution in [3.63, 3.8) is 0 Å². The van der Waals surface area contributed by atoms with Crippen molar-refractivity contribution in [3.8, 4) is 5.75 Å². The number of nitrogens with one attached hydrogen (secondary N) is 1. The van der Waals surface area contributed by atoms with Gasteiger partial charge in [-0.25, -0.2) is 0 Å². The molecule has 20 heavy (non-hydrogen) atoms. The summed E-state index contributed by atoms with van der Waals surface area (Å²) < 4.78 is 5.51. The number of hydrogen-bond donors (Lipinski definition) is 1. The van der Waals surface area contributed by atoms with Crippen LogP contribution in [-0.4, -0.2) is 18.6 Å². The average Bonchev–Trinajstić information content (AvgIpc) is 2.52. The van der Waals surface area contributed by atoms with E-state index in [2.05, 4.69) is 24.1 Å². The van der Waals surface area contributed by atoms with Gasteiger partial charge in [0.15, 0.2) is 0 Å². The van der Waals surface area contributed by atoms with Gasteiger partial charge in [0.05, 0.1) is 18.8 Å². The van der Waals surface area contributed by atoms with Gasteiger partial charge in [0.1, 0.15) is 5.75 Å². The second-order valence-electron chi connectivity index (χ2n) is 5.83. The Bertz CT molecular complexity index is 408. The van der Waals surface area contributed by atoms with Crippen LogP contribution >= 0.6 is 0 Å². The predicted molar refractivity (Wildman–Crippen MR) is 82.9 cm³/mol. The van der Waals surface area contributed by atoms with Crippen LogP contribution in [0.4, 0.5) is 0 Å². The zero-order valence-electron chi connectivity index (χ0n) is 13.1. The van der Waals surface area contributed by atoms with Crippen LogP contribution in [0.15, 0.2) is 18.3 Å². The molecule has 3 atom stereocenters. The quantitative estimate of drug-likeness (QED) is 0.854. The van der Waals surface area contributed by atoms with Gasteiger partial charge in [0, 0.05) is 6.20 Å². The Balaban J connectivity index is 2.21. The van der Waals surface area contributed by atoms with E-state index in [1.54, 1.807) is 7.11 Å². The lowest BCUT2D eigenvalue weighted by molar-refractivity contribution is 0.205. The van der Waals surface area contributed by atoms with Crippen molar-refractivity contribution in [2.45, 2.75) is 52.0 Å². The summed E-state index contributed by atoms with van der Waals surface area (Å²) in [7, 11) is 1.74. The molecule has 3 nitrogen and oxygen atoms in total. The van der Waals surface area contributed by atoms with E-state index in [0.29, 0.717) is 12.0 Å². The minimum absolute atomic E-state index is 0.325. The summed E-state index contributed by atoms with van der Waals surface area (Å²) in [6.45, 7) is 5.46. The largest absolute Gasteiger partial charge is 0.495 e. The molecule has 1 fully saturated rings. The molecular weight excluding hydrogens is 248 g/mol. The van der Waals surface area contributed by atoms with E-state index in [1.165, 1.54) is 32.1 Å². The van der Waals surface area contributed by atoms with Crippen molar-refractivity contribution in [1.29, 1.82) is 0 Å². The molecule has 3 heteroatoms. The summed E-state index contributed by atoms with van der Waals surface area (Å²) in [5.74, 6) is 2.47. The first kappa shape index (κ1) is 15.3. The average molecular weight is 276 g/mol. The lowest BCUT2D eigenvalue weighted by Crippen LogP contribution is -2.32. The first-order valence-corrected chi connectivity index (χ1v) is 8.02. The third-order valence-corrected chi connectivity index (χ3v) is 4.61. The Morgan fingerprint density at radius 1 is 1.40 bits per heavy atom. The minimum atomic E-state index is 0.325. The van der Waals surface area contributed by atoms with E-state index in [9.17, 15) is 0 Å². The number of pyridine rings is 1. The lowest BCUT2D eigenvalue weighted by Gasteiger charge is -2.34. The summed E-state index contributed by atoms with van der Waals surface area (Å²) in [5.41, 5.74) is 1.08. The Morgan fingerprint density at radius 3 is 2.95 bits per heavy atom. The van der Waals surface area contributed by atoms with Crippen molar-refractivity contribution < 1.29 is 4.74 Å². The fourth-order valence-corrected chi connectivity index (χ4v) is 3.52. The van der Waals surface area contributed by atoms with Crippen LogP contribution in [0.2, 0.25) is 0 Å². The van der Waals surface area contributed by atoms with Crippen LogP contribution in [0.25, 0.3) is 0 Å². The monoisotopic (exact) mass is 276 g/mol. The molecule has 3 unspecified atom stereocenters. The van der Waals surface area contributed by atoms with E-state index in [-0.39, 0.29) is 0 Å². The van der Waals surface area contributed by atoms with Crippen LogP contribution in [0, 0.1) is 11.8 Å². The number of ether oxygens (including phenoxy) is 1. The summed E-state index contributed by atoms with van der Waals surface area (Å²) >= 11 is 0. The molecule has 112 valence electrons. The Morgan fingerprint density at radius 2 is 2.25 bits per heavy atom. The summed E-state index contributed by atoms with van der Waals surface area (Å²) in [5, 5.41) is 3.65. The molecule has 2 rings (SSSR count). The molecule has 1 aromatic rings. The van der Waals surface area contributed by atoms with Gasteiger partial charge < -0.3 is 10.1 Å². The summed E-state index contributed by atoms with van der Waals surface area (Å²) in [4.78, 5) is 4.61. The zero-order valence-corrected chi connectivity index (χ0v) is 13.1. The van der Waals surface area contributed by atoms with Crippen LogP contribution in [-0.2, 0) is 0 Å². The van der Waals surface area contributed by atoms with Gasteiger partial charge in [-0.05, 0) is 43.4 Å². The Hall–Kier alpha value is -1.09. The summed E-state index contributed by atoms with van der Waals surface area (Å²) in [6, 6.07) is 4.29. The zero-order chi connectivity index (χ0) is 14.4. The maximum absolute atomic E-state index is 5.51. The van der Waals surface area contributed by atoms with Gasteiger partial charge in [0.25, 0.3) is 0 Å². The molecule has 1 aromatic heterocycles. The molecule has 0 aliphatic heterocycles. The highest BCUT2D eigenvalue weighted by atomic mass is 16.5. The van der Waals surface area contributed by atoms with Crippen LogP contribution in [0.5, 0.6) is 5.75 Å². The normalized spacial score (nSPS) is 24.4. The van der Waals surface area contributed by atoms with E-state index < -0.39 is 0 Å². The Labute approximate surface area is 123 Å². The van der Waals surface area contributed by atoms with Crippen molar-refractivity contribution in [2.24, 2.45) is 11.8 Å². The van der Waals surface area contributed by atoms with Crippen molar-refractivity contribution in [3.05, 3.63) is 24.0 Å². The topological polar surface area (TPSA) is 34.2 Å². The van der Waals surface area contributed by atoms with E-state index in [4.69, 9.17) is 4.74 Å². The SMILES string of the molecule is CCNC(c1ncccc1OC)C1CCCC(CC)C1. The molecular formula is C17H28N2O.